The van der Waals surface area contributed by atoms with Crippen LogP contribution in [0.1, 0.15) is 11.1 Å². The Morgan fingerprint density at radius 3 is 2.73 bits per heavy atom. The van der Waals surface area contributed by atoms with Crippen LogP contribution in [0.25, 0.3) is 0 Å². The van der Waals surface area contributed by atoms with Crippen LogP contribution in [0, 0.1) is 21.4 Å². The van der Waals surface area contributed by atoms with Gasteiger partial charge in [-0.15, -0.1) is 0 Å². The van der Waals surface area contributed by atoms with Crippen LogP contribution in [0.5, 0.6) is 5.75 Å². The maximum absolute atomic E-state index is 10.7. The zero-order valence-electron chi connectivity index (χ0n) is 7.93. The molecule has 0 spiro atoms. The molecule has 6 nitrogen and oxygen atoms in total. The molecule has 0 saturated heterocycles. The van der Waals surface area contributed by atoms with Gasteiger partial charge in [0.15, 0.2) is 0 Å². The van der Waals surface area contributed by atoms with E-state index in [2.05, 4.69) is 0 Å². The lowest BCUT2D eigenvalue weighted by Crippen LogP contribution is -2.01. The van der Waals surface area contributed by atoms with Crippen molar-refractivity contribution in [3.63, 3.8) is 0 Å². The highest BCUT2D eigenvalue weighted by Crippen LogP contribution is 2.33. The van der Waals surface area contributed by atoms with Crippen LogP contribution in [0.15, 0.2) is 12.1 Å². The van der Waals surface area contributed by atoms with E-state index in [1.807, 2.05) is 0 Å². The summed E-state index contributed by atoms with van der Waals surface area (Å²) in [7, 11) is 1.24. The number of aliphatic hydroxyl groups is 1. The molecule has 0 unspecified atom stereocenters. The number of hydrogen-bond donors (Lipinski definition) is 1. The van der Waals surface area contributed by atoms with Crippen molar-refractivity contribution in [1.82, 2.24) is 0 Å². The molecule has 0 atom stereocenters. The molecule has 78 valence electrons. The second-order valence-corrected chi connectivity index (χ2v) is 2.68. The van der Waals surface area contributed by atoms with Crippen LogP contribution in [0.3, 0.4) is 0 Å². The summed E-state index contributed by atoms with van der Waals surface area (Å²) in [6.07, 6.45) is 0. The van der Waals surface area contributed by atoms with Gasteiger partial charge in [0.25, 0.3) is 0 Å². The second kappa shape index (κ2) is 4.39. The molecule has 15 heavy (non-hydrogen) atoms. The van der Waals surface area contributed by atoms with E-state index >= 15 is 0 Å². The molecule has 0 saturated carbocycles. The van der Waals surface area contributed by atoms with Gasteiger partial charge in [0, 0.05) is 0 Å². The molecule has 0 aliphatic carbocycles. The first-order valence-corrected chi connectivity index (χ1v) is 4.01. The number of aliphatic hydroxyl groups excluding tert-OH is 1. The van der Waals surface area contributed by atoms with E-state index in [1.54, 1.807) is 6.07 Å². The molecule has 0 fully saturated rings. The highest BCUT2D eigenvalue weighted by molar-refractivity contribution is 5.60. The first-order valence-electron chi connectivity index (χ1n) is 4.01. The topological polar surface area (TPSA) is 96.4 Å². The minimum Gasteiger partial charge on any atom is -0.489 e. The number of nitro groups is 1. The minimum absolute atomic E-state index is 0.0707. The lowest BCUT2D eigenvalue weighted by atomic mass is 10.1. The summed E-state index contributed by atoms with van der Waals surface area (Å²) in [5, 5.41) is 28.3. The first kappa shape index (κ1) is 10.9. The zero-order chi connectivity index (χ0) is 11.4. The van der Waals surface area contributed by atoms with Crippen molar-refractivity contribution in [3.8, 4) is 11.8 Å². The zero-order valence-corrected chi connectivity index (χ0v) is 7.93. The van der Waals surface area contributed by atoms with Gasteiger partial charge in [-0.05, 0) is 12.1 Å². The van der Waals surface area contributed by atoms with Crippen LogP contribution < -0.4 is 4.74 Å². The fourth-order valence-electron chi connectivity index (χ4n) is 1.23. The quantitative estimate of drug-likeness (QED) is 0.589. The highest BCUT2D eigenvalue weighted by atomic mass is 16.6. The monoisotopic (exact) mass is 208 g/mol. The van der Waals surface area contributed by atoms with E-state index in [4.69, 9.17) is 15.1 Å². The van der Waals surface area contributed by atoms with Gasteiger partial charge in [-0.3, -0.25) is 10.1 Å². The van der Waals surface area contributed by atoms with Gasteiger partial charge in [0.05, 0.1) is 24.2 Å². The summed E-state index contributed by atoms with van der Waals surface area (Å²) in [4.78, 5) is 10.1. The summed E-state index contributed by atoms with van der Waals surface area (Å²) in [6.45, 7) is -0.474. The van der Waals surface area contributed by atoms with E-state index in [9.17, 15) is 10.1 Å². The van der Waals surface area contributed by atoms with Gasteiger partial charge >= 0.3 is 5.69 Å². The van der Waals surface area contributed by atoms with E-state index in [0.29, 0.717) is 0 Å². The minimum atomic E-state index is -0.675. The Balaban J connectivity index is 3.53. The SMILES string of the molecule is COc1c(C#N)ccc(CO)c1[N+](=O)[O-]. The molecule has 1 rings (SSSR count). The van der Waals surface area contributed by atoms with Crippen molar-refractivity contribution in [3.05, 3.63) is 33.4 Å². The largest absolute Gasteiger partial charge is 0.489 e. The number of benzene rings is 1. The van der Waals surface area contributed by atoms with Crippen molar-refractivity contribution in [1.29, 1.82) is 5.26 Å². The number of ether oxygens (including phenoxy) is 1. The van der Waals surface area contributed by atoms with Gasteiger partial charge in [-0.25, -0.2) is 0 Å². The molecule has 0 bridgehead atoms. The molecule has 0 aliphatic rings. The molecule has 6 heteroatoms. The lowest BCUT2D eigenvalue weighted by Gasteiger charge is -2.06. The van der Waals surface area contributed by atoms with E-state index in [1.165, 1.54) is 19.2 Å². The predicted molar refractivity (Wildman–Crippen MR) is 50.3 cm³/mol. The number of hydrogen-bond acceptors (Lipinski definition) is 5. The van der Waals surface area contributed by atoms with Crippen molar-refractivity contribution in [2.24, 2.45) is 0 Å². The fraction of sp³-hybridized carbons (Fsp3) is 0.222. The van der Waals surface area contributed by atoms with E-state index in [-0.39, 0.29) is 22.6 Å². The normalized spacial score (nSPS) is 9.40. The van der Waals surface area contributed by atoms with Gasteiger partial charge in [-0.2, -0.15) is 5.26 Å². The standard InChI is InChI=1S/C9H8N2O4/c1-15-9-6(4-10)2-3-7(5-12)8(9)11(13)14/h2-3,12H,5H2,1H3. The molecular weight excluding hydrogens is 200 g/mol. The molecular formula is C9H8N2O4. The van der Waals surface area contributed by atoms with Crippen LogP contribution in [0.4, 0.5) is 5.69 Å². The van der Waals surface area contributed by atoms with Crippen LogP contribution in [0.2, 0.25) is 0 Å². The van der Waals surface area contributed by atoms with Crippen LogP contribution in [-0.4, -0.2) is 17.1 Å². The Kier molecular flexibility index (Phi) is 3.21. The average molecular weight is 208 g/mol. The number of methoxy groups -OCH3 is 1. The lowest BCUT2D eigenvalue weighted by molar-refractivity contribution is -0.386. The Hall–Kier alpha value is -2.13. The van der Waals surface area contributed by atoms with Gasteiger partial charge in [0.1, 0.15) is 11.6 Å². The Morgan fingerprint density at radius 1 is 1.67 bits per heavy atom. The van der Waals surface area contributed by atoms with Gasteiger partial charge in [-0.1, -0.05) is 0 Å². The number of nitro benzene ring substituents is 1. The molecule has 0 radical (unpaired) electrons. The molecule has 1 aromatic carbocycles. The summed E-state index contributed by atoms with van der Waals surface area (Å²) in [5.74, 6) is -0.117. The Morgan fingerprint density at radius 2 is 2.33 bits per heavy atom. The van der Waals surface area contributed by atoms with Crippen molar-refractivity contribution >= 4 is 5.69 Å². The molecule has 0 aromatic heterocycles. The molecule has 0 amide bonds. The van der Waals surface area contributed by atoms with E-state index in [0.717, 1.165) is 0 Å². The van der Waals surface area contributed by atoms with Crippen molar-refractivity contribution in [2.45, 2.75) is 6.61 Å². The first-order chi connectivity index (χ1) is 7.15. The third-order valence-corrected chi connectivity index (χ3v) is 1.89. The number of rotatable bonds is 3. The second-order valence-electron chi connectivity index (χ2n) is 2.68. The van der Waals surface area contributed by atoms with Crippen LogP contribution >= 0.6 is 0 Å². The predicted octanol–water partition coefficient (Wildman–Crippen LogP) is 0.967. The van der Waals surface area contributed by atoms with Gasteiger partial charge < -0.3 is 9.84 Å². The van der Waals surface area contributed by atoms with E-state index < -0.39 is 11.5 Å². The molecule has 1 N–H and O–H groups in total. The summed E-state index contributed by atoms with van der Waals surface area (Å²) >= 11 is 0. The molecule has 0 heterocycles. The summed E-state index contributed by atoms with van der Waals surface area (Å²) < 4.78 is 4.80. The molecule has 1 aromatic rings. The summed E-state index contributed by atoms with van der Waals surface area (Å²) in [5.41, 5.74) is -0.170. The van der Waals surface area contributed by atoms with Crippen LogP contribution in [-0.2, 0) is 6.61 Å². The smallest absolute Gasteiger partial charge is 0.317 e. The number of nitrogens with zero attached hydrogens (tertiary/aromatic N) is 2. The Labute approximate surface area is 85.5 Å². The van der Waals surface area contributed by atoms with Crippen molar-refractivity contribution in [2.75, 3.05) is 7.11 Å². The maximum atomic E-state index is 10.7. The Bertz CT molecular complexity index is 436. The third-order valence-electron chi connectivity index (χ3n) is 1.89. The summed E-state index contributed by atoms with van der Waals surface area (Å²) in [6, 6.07) is 4.49. The third kappa shape index (κ3) is 1.87. The highest BCUT2D eigenvalue weighted by Gasteiger charge is 2.23. The fourth-order valence-corrected chi connectivity index (χ4v) is 1.23. The van der Waals surface area contributed by atoms with Crippen molar-refractivity contribution < 1.29 is 14.8 Å². The number of nitriles is 1. The van der Waals surface area contributed by atoms with Gasteiger partial charge in [0.2, 0.25) is 5.75 Å². The molecule has 0 aliphatic heterocycles. The maximum Gasteiger partial charge on any atom is 0.317 e. The average Bonchev–Trinajstić information content (AvgIpc) is 2.26.